The Hall–Kier alpha value is -1.41. The molecule has 1 aromatic heterocycles. The lowest BCUT2D eigenvalue weighted by atomic mass is 9.97. The predicted molar refractivity (Wildman–Crippen MR) is 119 cm³/mol. The van der Waals surface area contributed by atoms with Crippen molar-refractivity contribution in [3.8, 4) is 0 Å². The number of halogens is 1. The maximum Gasteiger partial charge on any atom is 0.252 e. The summed E-state index contributed by atoms with van der Waals surface area (Å²) in [6.45, 7) is 6.58. The van der Waals surface area contributed by atoms with Gasteiger partial charge in [-0.1, -0.05) is 31.5 Å². The van der Waals surface area contributed by atoms with E-state index in [0.717, 1.165) is 28.1 Å². The van der Waals surface area contributed by atoms with E-state index in [9.17, 15) is 13.2 Å². The zero-order valence-corrected chi connectivity index (χ0v) is 19.4. The summed E-state index contributed by atoms with van der Waals surface area (Å²) in [5.41, 5.74) is 2.74. The third-order valence-electron chi connectivity index (χ3n) is 5.39. The van der Waals surface area contributed by atoms with Gasteiger partial charge in [0, 0.05) is 28.7 Å². The molecule has 1 amide bonds. The molecule has 2 aromatic rings. The van der Waals surface area contributed by atoms with Crippen LogP contribution in [0.2, 0.25) is 5.02 Å². The normalized spacial score (nSPS) is 18.0. The van der Waals surface area contributed by atoms with Gasteiger partial charge in [0.15, 0.2) is 0 Å². The summed E-state index contributed by atoms with van der Waals surface area (Å²) in [5, 5.41) is 3.70. The van der Waals surface area contributed by atoms with Crippen LogP contribution in [0.3, 0.4) is 0 Å². The van der Waals surface area contributed by atoms with Crippen molar-refractivity contribution in [1.29, 1.82) is 0 Å². The van der Waals surface area contributed by atoms with E-state index in [0.29, 0.717) is 35.0 Å². The second kappa shape index (κ2) is 9.16. The average molecular weight is 455 g/mol. The van der Waals surface area contributed by atoms with Crippen LogP contribution in [0.25, 0.3) is 0 Å². The largest absolute Gasteiger partial charge is 0.325 e. The van der Waals surface area contributed by atoms with Crippen LogP contribution in [0.5, 0.6) is 0 Å². The minimum absolute atomic E-state index is 0.140. The molecule has 0 spiro atoms. The van der Waals surface area contributed by atoms with E-state index in [1.807, 2.05) is 39.0 Å². The van der Waals surface area contributed by atoms with E-state index in [4.69, 9.17) is 11.6 Å². The summed E-state index contributed by atoms with van der Waals surface area (Å²) >= 11 is 7.61. The molecule has 1 aromatic carbocycles. The van der Waals surface area contributed by atoms with Crippen LogP contribution in [0.15, 0.2) is 28.5 Å². The minimum Gasteiger partial charge on any atom is -0.325 e. The van der Waals surface area contributed by atoms with Crippen LogP contribution >= 0.6 is 22.9 Å². The van der Waals surface area contributed by atoms with Crippen molar-refractivity contribution in [3.63, 3.8) is 0 Å². The molecule has 1 saturated heterocycles. The van der Waals surface area contributed by atoms with Crippen molar-refractivity contribution in [2.75, 3.05) is 18.4 Å². The van der Waals surface area contributed by atoms with Gasteiger partial charge in [-0.25, -0.2) is 8.42 Å². The number of rotatable bonds is 6. The van der Waals surface area contributed by atoms with Gasteiger partial charge >= 0.3 is 0 Å². The van der Waals surface area contributed by atoms with Crippen molar-refractivity contribution in [3.05, 3.63) is 45.3 Å². The Morgan fingerprint density at radius 1 is 1.24 bits per heavy atom. The molecule has 1 fully saturated rings. The topological polar surface area (TPSA) is 66.5 Å². The number of nitrogens with zero attached hydrogens (tertiary/aromatic N) is 1. The van der Waals surface area contributed by atoms with Crippen LogP contribution in [-0.4, -0.2) is 31.7 Å². The second-order valence-electron chi connectivity index (χ2n) is 7.32. The average Bonchev–Trinajstić information content (AvgIpc) is 3.15. The SMILES string of the molecule is CCc1ccc(Cl)c(CC)c1NC(=O)C1CCCN(S(=O)(=O)c2ccc(C)s2)C1. The lowest BCUT2D eigenvalue weighted by Crippen LogP contribution is -2.43. The van der Waals surface area contributed by atoms with Crippen LogP contribution < -0.4 is 5.32 Å². The molecular formula is C21H27ClN2O3S2. The number of sulfonamides is 1. The maximum atomic E-state index is 13.1. The first-order chi connectivity index (χ1) is 13.8. The number of thiophene rings is 1. The number of piperidine rings is 1. The molecule has 8 heteroatoms. The highest BCUT2D eigenvalue weighted by molar-refractivity contribution is 7.91. The number of hydrogen-bond acceptors (Lipinski definition) is 4. The summed E-state index contributed by atoms with van der Waals surface area (Å²) < 4.78 is 27.7. The molecule has 0 bridgehead atoms. The van der Waals surface area contributed by atoms with Crippen LogP contribution in [0.1, 0.15) is 42.7 Å². The van der Waals surface area contributed by atoms with Gasteiger partial charge in [-0.2, -0.15) is 4.31 Å². The Morgan fingerprint density at radius 2 is 2.00 bits per heavy atom. The molecule has 1 atom stereocenters. The summed E-state index contributed by atoms with van der Waals surface area (Å²) in [7, 11) is -3.56. The highest BCUT2D eigenvalue weighted by Gasteiger charge is 2.34. The van der Waals surface area contributed by atoms with Gasteiger partial charge in [0.05, 0.1) is 5.92 Å². The molecule has 0 saturated carbocycles. The Balaban J connectivity index is 1.80. The summed E-state index contributed by atoms with van der Waals surface area (Å²) in [5.74, 6) is -0.521. The monoisotopic (exact) mass is 454 g/mol. The molecule has 0 radical (unpaired) electrons. The fourth-order valence-corrected chi connectivity index (χ4v) is 7.00. The zero-order chi connectivity index (χ0) is 21.2. The molecule has 1 aliphatic heterocycles. The summed E-state index contributed by atoms with van der Waals surface area (Å²) in [6.07, 6.45) is 2.83. The van der Waals surface area contributed by atoms with E-state index >= 15 is 0 Å². The van der Waals surface area contributed by atoms with Crippen molar-refractivity contribution >= 4 is 44.6 Å². The predicted octanol–water partition coefficient (Wildman–Crippen LogP) is 4.87. The van der Waals surface area contributed by atoms with E-state index in [-0.39, 0.29) is 18.4 Å². The Labute approximate surface area is 182 Å². The molecule has 0 aliphatic carbocycles. The van der Waals surface area contributed by atoms with Gasteiger partial charge in [0.25, 0.3) is 10.0 Å². The van der Waals surface area contributed by atoms with Gasteiger partial charge in [-0.15, -0.1) is 11.3 Å². The second-order valence-corrected chi connectivity index (χ2v) is 11.2. The molecule has 5 nitrogen and oxygen atoms in total. The van der Waals surface area contributed by atoms with Gasteiger partial charge in [0.2, 0.25) is 5.91 Å². The lowest BCUT2D eigenvalue weighted by molar-refractivity contribution is -0.120. The number of aryl methyl sites for hydroxylation is 2. The first kappa shape index (κ1) is 22.3. The molecule has 1 aliphatic rings. The highest BCUT2D eigenvalue weighted by Crippen LogP contribution is 2.32. The van der Waals surface area contributed by atoms with Crippen molar-refractivity contribution in [2.24, 2.45) is 5.92 Å². The van der Waals surface area contributed by atoms with E-state index in [1.54, 1.807) is 6.07 Å². The molecule has 1 unspecified atom stereocenters. The summed E-state index contributed by atoms with van der Waals surface area (Å²) in [6, 6.07) is 7.26. The number of carbonyl (C=O) groups excluding carboxylic acids is 1. The number of amides is 1. The number of hydrogen-bond donors (Lipinski definition) is 1. The first-order valence-electron chi connectivity index (χ1n) is 9.95. The molecule has 158 valence electrons. The summed E-state index contributed by atoms with van der Waals surface area (Å²) in [4.78, 5) is 14.0. The Kier molecular flexibility index (Phi) is 7.04. The highest BCUT2D eigenvalue weighted by atomic mass is 35.5. The quantitative estimate of drug-likeness (QED) is 0.676. The Morgan fingerprint density at radius 3 is 2.62 bits per heavy atom. The van der Waals surface area contributed by atoms with Gasteiger partial charge in [-0.05, 0) is 61.9 Å². The first-order valence-corrected chi connectivity index (χ1v) is 12.6. The third-order valence-corrected chi connectivity index (χ3v) is 9.08. The molecular weight excluding hydrogens is 428 g/mol. The van der Waals surface area contributed by atoms with E-state index in [1.165, 1.54) is 15.6 Å². The van der Waals surface area contributed by atoms with Gasteiger partial charge in [-0.3, -0.25) is 4.79 Å². The number of nitrogens with one attached hydrogen (secondary N) is 1. The molecule has 3 rings (SSSR count). The third kappa shape index (κ3) is 4.68. The zero-order valence-electron chi connectivity index (χ0n) is 17.0. The van der Waals surface area contributed by atoms with Gasteiger partial charge in [0.1, 0.15) is 4.21 Å². The number of benzene rings is 1. The van der Waals surface area contributed by atoms with Crippen molar-refractivity contribution < 1.29 is 13.2 Å². The van der Waals surface area contributed by atoms with Gasteiger partial charge < -0.3 is 5.32 Å². The number of carbonyl (C=O) groups is 1. The smallest absolute Gasteiger partial charge is 0.252 e. The van der Waals surface area contributed by atoms with Crippen LogP contribution in [0.4, 0.5) is 5.69 Å². The molecule has 2 heterocycles. The fourth-order valence-electron chi connectivity index (χ4n) is 3.74. The van der Waals surface area contributed by atoms with Crippen LogP contribution in [-0.2, 0) is 27.7 Å². The van der Waals surface area contributed by atoms with Crippen molar-refractivity contribution in [2.45, 2.75) is 50.7 Å². The minimum atomic E-state index is -3.56. The Bertz CT molecular complexity index is 1000. The standard InChI is InChI=1S/C21H27ClN2O3S2/c1-4-15-9-10-18(22)17(5-2)20(15)23-21(25)16-7-6-12-24(13-16)29(26,27)19-11-8-14(3)28-19/h8-11,16H,4-7,12-13H2,1-3H3,(H,23,25). The molecule has 1 N–H and O–H groups in total. The lowest BCUT2D eigenvalue weighted by Gasteiger charge is -2.31. The molecule has 29 heavy (non-hydrogen) atoms. The van der Waals surface area contributed by atoms with Crippen molar-refractivity contribution in [1.82, 2.24) is 4.31 Å². The fraction of sp³-hybridized carbons (Fsp3) is 0.476. The van der Waals surface area contributed by atoms with E-state index in [2.05, 4.69) is 5.32 Å². The number of anilines is 1. The maximum absolute atomic E-state index is 13.1. The van der Waals surface area contributed by atoms with E-state index < -0.39 is 10.0 Å². The van der Waals surface area contributed by atoms with Crippen LogP contribution in [0, 0.1) is 12.8 Å².